The average Bonchev–Trinajstić information content (AvgIpc) is 2.33. The lowest BCUT2D eigenvalue weighted by atomic mass is 10.1. The summed E-state index contributed by atoms with van der Waals surface area (Å²) < 4.78 is 4.71. The van der Waals surface area contributed by atoms with Gasteiger partial charge in [-0.2, -0.15) is 0 Å². The summed E-state index contributed by atoms with van der Waals surface area (Å²) in [5.41, 5.74) is 0.170. The Bertz CT molecular complexity index is 434. The van der Waals surface area contributed by atoms with Crippen molar-refractivity contribution >= 4 is 5.97 Å². The third-order valence-corrected chi connectivity index (χ3v) is 2.52. The van der Waals surface area contributed by atoms with E-state index in [0.29, 0.717) is 5.56 Å². The average molecular weight is 272 g/mol. The molecule has 0 aromatic heterocycles. The van der Waals surface area contributed by atoms with Crippen molar-refractivity contribution < 1.29 is 35.1 Å². The predicted octanol–water partition coefficient (Wildman–Crippen LogP) is -0.723. The van der Waals surface area contributed by atoms with Crippen LogP contribution in [0.25, 0.3) is 0 Å². The van der Waals surface area contributed by atoms with Crippen molar-refractivity contribution in [1.29, 1.82) is 0 Å². The van der Waals surface area contributed by atoms with Crippen molar-refractivity contribution in [2.75, 3.05) is 13.2 Å². The van der Waals surface area contributed by atoms with Crippen LogP contribution in [0.3, 0.4) is 0 Å². The Hall–Kier alpha value is -1.83. The highest BCUT2D eigenvalue weighted by Gasteiger charge is 2.21. The summed E-state index contributed by atoms with van der Waals surface area (Å²) in [5, 5.41) is 45.7. The third kappa shape index (κ3) is 3.82. The molecule has 0 radical (unpaired) electrons. The number of aliphatic hydroxyl groups excluding tert-OH is 3. The number of phenolic OH excluding ortho intramolecular Hbond substituents is 2. The molecule has 0 aliphatic carbocycles. The van der Waals surface area contributed by atoms with Crippen LogP contribution in [0.5, 0.6) is 11.5 Å². The maximum absolute atomic E-state index is 11.7. The lowest BCUT2D eigenvalue weighted by molar-refractivity contribution is -0.0468. The van der Waals surface area contributed by atoms with Crippen molar-refractivity contribution in [3.05, 3.63) is 23.3 Å². The first-order chi connectivity index (χ1) is 8.86. The topological polar surface area (TPSA) is 127 Å². The molecule has 7 heteroatoms. The molecule has 5 N–H and O–H groups in total. The molecule has 0 saturated heterocycles. The molecule has 0 bridgehead atoms. The fraction of sp³-hybridized carbons (Fsp3) is 0.417. The Morgan fingerprint density at radius 3 is 2.42 bits per heavy atom. The van der Waals surface area contributed by atoms with Crippen molar-refractivity contribution in [3.8, 4) is 11.5 Å². The minimum absolute atomic E-state index is 0.136. The molecule has 106 valence electrons. The van der Waals surface area contributed by atoms with Gasteiger partial charge in [0.1, 0.15) is 35.9 Å². The monoisotopic (exact) mass is 272 g/mol. The van der Waals surface area contributed by atoms with Crippen LogP contribution in [-0.2, 0) is 4.74 Å². The molecule has 0 aliphatic rings. The Morgan fingerprint density at radius 2 is 1.89 bits per heavy atom. The highest BCUT2D eigenvalue weighted by Crippen LogP contribution is 2.27. The molecule has 0 heterocycles. The van der Waals surface area contributed by atoms with Crippen LogP contribution in [0.2, 0.25) is 0 Å². The molecule has 0 saturated carbocycles. The molecule has 19 heavy (non-hydrogen) atoms. The first-order valence-corrected chi connectivity index (χ1v) is 5.53. The van der Waals surface area contributed by atoms with E-state index in [1.165, 1.54) is 13.0 Å². The van der Waals surface area contributed by atoms with E-state index in [2.05, 4.69) is 0 Å². The second kappa shape index (κ2) is 6.37. The quantitative estimate of drug-likeness (QED) is 0.447. The smallest absolute Gasteiger partial charge is 0.342 e. The highest BCUT2D eigenvalue weighted by atomic mass is 16.5. The van der Waals surface area contributed by atoms with Gasteiger partial charge in [-0.15, -0.1) is 0 Å². The molecule has 0 amide bonds. The number of rotatable bonds is 5. The van der Waals surface area contributed by atoms with Gasteiger partial charge >= 0.3 is 5.97 Å². The van der Waals surface area contributed by atoms with Gasteiger partial charge in [-0.25, -0.2) is 4.79 Å². The van der Waals surface area contributed by atoms with Crippen LogP contribution in [0, 0.1) is 6.92 Å². The highest BCUT2D eigenvalue weighted by molar-refractivity contribution is 5.94. The van der Waals surface area contributed by atoms with Gasteiger partial charge in [-0.3, -0.25) is 0 Å². The Morgan fingerprint density at radius 1 is 1.26 bits per heavy atom. The van der Waals surface area contributed by atoms with Crippen LogP contribution in [0.4, 0.5) is 0 Å². The zero-order chi connectivity index (χ0) is 14.6. The Labute approximate surface area is 109 Å². The van der Waals surface area contributed by atoms with Gasteiger partial charge in [0.25, 0.3) is 0 Å². The zero-order valence-electron chi connectivity index (χ0n) is 10.3. The van der Waals surface area contributed by atoms with Crippen LogP contribution in [0.1, 0.15) is 15.9 Å². The number of hydrogen-bond donors (Lipinski definition) is 5. The Balaban J connectivity index is 2.74. The summed E-state index contributed by atoms with van der Waals surface area (Å²) in [4.78, 5) is 11.7. The number of phenols is 2. The van der Waals surface area contributed by atoms with Gasteiger partial charge in [0.2, 0.25) is 0 Å². The van der Waals surface area contributed by atoms with E-state index in [9.17, 15) is 20.1 Å². The second-order valence-electron chi connectivity index (χ2n) is 4.07. The molecule has 0 fully saturated rings. The number of aryl methyl sites for hydroxylation is 1. The molecular formula is C12H16O7. The summed E-state index contributed by atoms with van der Waals surface area (Å²) in [6.45, 7) is 0.303. The van der Waals surface area contributed by atoms with Crippen molar-refractivity contribution in [2.24, 2.45) is 0 Å². The normalized spacial score (nSPS) is 13.9. The van der Waals surface area contributed by atoms with E-state index in [1.807, 2.05) is 0 Å². The van der Waals surface area contributed by atoms with Crippen molar-refractivity contribution in [2.45, 2.75) is 19.1 Å². The van der Waals surface area contributed by atoms with Gasteiger partial charge in [0.15, 0.2) is 0 Å². The number of carbonyl (C=O) groups excluding carboxylic acids is 1. The lowest BCUT2D eigenvalue weighted by Crippen LogP contribution is -2.34. The molecule has 0 unspecified atom stereocenters. The standard InChI is InChI=1S/C12H16O7/c1-6-2-7(14)3-8(15)11(6)12(18)19-5-10(17)9(16)4-13/h2-3,9-10,13-17H,4-5H2,1H3/t9-,10-/m1/s1. The number of aromatic hydroxyl groups is 2. The van der Waals surface area contributed by atoms with Gasteiger partial charge in [0, 0.05) is 6.07 Å². The summed E-state index contributed by atoms with van der Waals surface area (Å²) >= 11 is 0. The largest absolute Gasteiger partial charge is 0.508 e. The van der Waals surface area contributed by atoms with Crippen molar-refractivity contribution in [1.82, 2.24) is 0 Å². The van der Waals surface area contributed by atoms with Gasteiger partial charge in [-0.1, -0.05) is 0 Å². The van der Waals surface area contributed by atoms with E-state index < -0.39 is 37.1 Å². The van der Waals surface area contributed by atoms with Crippen LogP contribution in [-0.4, -0.2) is 56.9 Å². The van der Waals surface area contributed by atoms with E-state index >= 15 is 0 Å². The number of aliphatic hydroxyl groups is 3. The summed E-state index contributed by atoms with van der Waals surface area (Å²) in [6.07, 6.45) is -2.84. The number of hydrogen-bond acceptors (Lipinski definition) is 7. The fourth-order valence-electron chi connectivity index (χ4n) is 1.48. The number of ether oxygens (including phenoxy) is 1. The lowest BCUT2D eigenvalue weighted by Gasteiger charge is -2.16. The molecule has 1 aromatic rings. The zero-order valence-corrected chi connectivity index (χ0v) is 10.3. The maximum Gasteiger partial charge on any atom is 0.342 e. The number of carbonyl (C=O) groups is 1. The minimum Gasteiger partial charge on any atom is -0.508 e. The minimum atomic E-state index is -1.42. The van der Waals surface area contributed by atoms with E-state index in [-0.39, 0.29) is 11.3 Å². The SMILES string of the molecule is Cc1cc(O)cc(O)c1C(=O)OC[C@@H](O)[C@H](O)CO. The summed E-state index contributed by atoms with van der Waals surface area (Å²) in [5.74, 6) is -1.54. The van der Waals surface area contributed by atoms with Crippen LogP contribution in [0.15, 0.2) is 12.1 Å². The number of esters is 1. The van der Waals surface area contributed by atoms with Gasteiger partial charge < -0.3 is 30.3 Å². The van der Waals surface area contributed by atoms with E-state index in [1.54, 1.807) is 0 Å². The molecule has 0 spiro atoms. The first kappa shape index (κ1) is 15.2. The molecule has 0 aliphatic heterocycles. The summed E-state index contributed by atoms with van der Waals surface area (Å²) in [6, 6.07) is 2.26. The van der Waals surface area contributed by atoms with Crippen LogP contribution >= 0.6 is 0 Å². The summed E-state index contributed by atoms with van der Waals surface area (Å²) in [7, 11) is 0. The molecular weight excluding hydrogens is 256 g/mol. The fourth-order valence-corrected chi connectivity index (χ4v) is 1.48. The van der Waals surface area contributed by atoms with Gasteiger partial charge in [0.05, 0.1) is 6.61 Å². The van der Waals surface area contributed by atoms with E-state index in [4.69, 9.17) is 14.9 Å². The predicted molar refractivity (Wildman–Crippen MR) is 63.9 cm³/mol. The molecule has 1 aromatic carbocycles. The molecule has 2 atom stereocenters. The van der Waals surface area contributed by atoms with Crippen LogP contribution < -0.4 is 0 Å². The maximum atomic E-state index is 11.7. The van der Waals surface area contributed by atoms with E-state index in [0.717, 1.165) is 6.07 Å². The first-order valence-electron chi connectivity index (χ1n) is 5.53. The number of benzene rings is 1. The van der Waals surface area contributed by atoms with Gasteiger partial charge in [-0.05, 0) is 18.6 Å². The molecule has 1 rings (SSSR count). The van der Waals surface area contributed by atoms with Crippen molar-refractivity contribution in [3.63, 3.8) is 0 Å². The third-order valence-electron chi connectivity index (χ3n) is 2.52. The second-order valence-corrected chi connectivity index (χ2v) is 4.07. The molecule has 7 nitrogen and oxygen atoms in total. The Kier molecular flexibility index (Phi) is 5.11.